The van der Waals surface area contributed by atoms with Crippen LogP contribution in [0.1, 0.15) is 17.5 Å². The zero-order chi connectivity index (χ0) is 16.2. The molecule has 0 bridgehead atoms. The summed E-state index contributed by atoms with van der Waals surface area (Å²) in [5, 5.41) is 6.60. The molecule has 0 saturated carbocycles. The second-order valence-corrected chi connectivity index (χ2v) is 5.78. The van der Waals surface area contributed by atoms with Gasteiger partial charge in [0.15, 0.2) is 0 Å². The van der Waals surface area contributed by atoms with E-state index in [0.717, 1.165) is 30.8 Å². The van der Waals surface area contributed by atoms with Crippen LogP contribution in [0.5, 0.6) is 0 Å². The molecule has 0 fully saturated rings. The van der Waals surface area contributed by atoms with Crippen LogP contribution in [0.3, 0.4) is 0 Å². The van der Waals surface area contributed by atoms with Gasteiger partial charge in [-0.3, -0.25) is 0 Å². The molecule has 2 aromatic rings. The lowest BCUT2D eigenvalue weighted by Crippen LogP contribution is -2.38. The molecule has 5 heteroatoms. The highest BCUT2D eigenvalue weighted by Crippen LogP contribution is 2.36. The second-order valence-electron chi connectivity index (χ2n) is 5.78. The van der Waals surface area contributed by atoms with Crippen LogP contribution in [0, 0.1) is 12.7 Å². The summed E-state index contributed by atoms with van der Waals surface area (Å²) in [6.45, 7) is 4.46. The maximum absolute atomic E-state index is 14.2. The largest absolute Gasteiger partial charge is 0.320 e. The molecule has 0 spiro atoms. The van der Waals surface area contributed by atoms with Crippen LogP contribution in [0.4, 0.5) is 15.8 Å². The maximum atomic E-state index is 14.2. The minimum Gasteiger partial charge on any atom is -0.320 e. The third-order valence-electron chi connectivity index (χ3n) is 3.90. The van der Waals surface area contributed by atoms with Crippen molar-refractivity contribution in [3.63, 3.8) is 0 Å². The number of rotatable bonds is 5. The Morgan fingerprint density at radius 2 is 2.00 bits per heavy atom. The highest BCUT2D eigenvalue weighted by atomic mass is 19.1. The number of fused-ring (bicyclic) bond motifs is 1. The van der Waals surface area contributed by atoms with Gasteiger partial charge in [0.1, 0.15) is 11.5 Å². The fourth-order valence-corrected chi connectivity index (χ4v) is 2.76. The van der Waals surface area contributed by atoms with Crippen molar-refractivity contribution < 1.29 is 9.33 Å². The average Bonchev–Trinajstić information content (AvgIpc) is 2.54. The van der Waals surface area contributed by atoms with E-state index in [9.17, 15) is 4.39 Å². The minimum atomic E-state index is -0.295. The zero-order valence-corrected chi connectivity index (χ0v) is 13.6. The summed E-state index contributed by atoms with van der Waals surface area (Å²) in [5.41, 5.74) is 3.65. The van der Waals surface area contributed by atoms with Gasteiger partial charge < -0.3 is 5.32 Å². The number of hydrogen-bond donors (Lipinski definition) is 1. The molecule has 2 aromatic carbocycles. The molecule has 0 radical (unpaired) electrons. The predicted molar refractivity (Wildman–Crippen MR) is 89.8 cm³/mol. The van der Waals surface area contributed by atoms with E-state index in [1.165, 1.54) is 11.6 Å². The molecule has 0 amide bonds. The molecule has 4 nitrogen and oxygen atoms in total. The van der Waals surface area contributed by atoms with Crippen molar-refractivity contribution in [2.24, 2.45) is 0 Å². The Morgan fingerprint density at radius 1 is 1.17 bits per heavy atom. The zero-order valence-electron chi connectivity index (χ0n) is 13.6. The Morgan fingerprint density at radius 3 is 2.78 bits per heavy atom. The Balaban J connectivity index is 1.92. The third kappa shape index (κ3) is 3.52. The number of para-hydroxylation sites is 1. The molecule has 3 rings (SSSR count). The molecule has 23 heavy (non-hydrogen) atoms. The number of hydroxylamine groups is 2. The van der Waals surface area contributed by atoms with Gasteiger partial charge in [0.2, 0.25) is 0 Å². The van der Waals surface area contributed by atoms with Crippen molar-refractivity contribution in [3.05, 3.63) is 59.4 Å². The van der Waals surface area contributed by atoms with Crippen molar-refractivity contribution >= 4 is 11.4 Å². The second kappa shape index (κ2) is 7.08. The Kier molecular flexibility index (Phi) is 4.91. The lowest BCUT2D eigenvalue weighted by atomic mass is 10.1. The van der Waals surface area contributed by atoms with E-state index in [2.05, 4.69) is 18.3 Å². The smallest absolute Gasteiger partial charge is 0.149 e. The molecule has 0 saturated heterocycles. The van der Waals surface area contributed by atoms with Crippen molar-refractivity contribution in [2.75, 3.05) is 25.2 Å². The fraction of sp³-hybridized carbons (Fsp3) is 0.333. The highest BCUT2D eigenvalue weighted by Gasteiger charge is 2.26. The van der Waals surface area contributed by atoms with Gasteiger partial charge in [-0.25, -0.2) is 4.39 Å². The molecule has 0 aromatic heterocycles. The van der Waals surface area contributed by atoms with Gasteiger partial charge in [-0.1, -0.05) is 29.8 Å². The van der Waals surface area contributed by atoms with Gasteiger partial charge in [0.25, 0.3) is 0 Å². The molecule has 0 unspecified atom stereocenters. The van der Waals surface area contributed by atoms with Gasteiger partial charge in [-0.05, 0) is 50.7 Å². The Labute approximate surface area is 136 Å². The van der Waals surface area contributed by atoms with Crippen LogP contribution in [0.15, 0.2) is 42.5 Å². The van der Waals surface area contributed by atoms with Gasteiger partial charge >= 0.3 is 0 Å². The summed E-state index contributed by atoms with van der Waals surface area (Å²) in [6, 6.07) is 12.8. The summed E-state index contributed by atoms with van der Waals surface area (Å²) in [7, 11) is 1.93. The highest BCUT2D eigenvalue weighted by molar-refractivity contribution is 5.65. The van der Waals surface area contributed by atoms with E-state index in [1.807, 2.05) is 30.3 Å². The number of halogens is 1. The molecule has 0 atom stereocenters. The quantitative estimate of drug-likeness (QED) is 0.854. The van der Waals surface area contributed by atoms with Gasteiger partial charge in [0, 0.05) is 6.54 Å². The van der Waals surface area contributed by atoms with E-state index < -0.39 is 0 Å². The summed E-state index contributed by atoms with van der Waals surface area (Å²) >= 11 is 0. The number of benzene rings is 2. The predicted octanol–water partition coefficient (Wildman–Crippen LogP) is 3.54. The van der Waals surface area contributed by atoms with Crippen molar-refractivity contribution in [1.82, 2.24) is 10.4 Å². The average molecular weight is 315 g/mol. The van der Waals surface area contributed by atoms with E-state index in [0.29, 0.717) is 12.2 Å². The molecule has 1 heterocycles. The third-order valence-corrected chi connectivity index (χ3v) is 3.90. The minimum absolute atomic E-state index is 0.295. The van der Waals surface area contributed by atoms with Crippen LogP contribution >= 0.6 is 0 Å². The first-order valence-electron chi connectivity index (χ1n) is 7.91. The first kappa shape index (κ1) is 15.9. The van der Waals surface area contributed by atoms with Crippen LogP contribution in [-0.4, -0.2) is 25.2 Å². The first-order chi connectivity index (χ1) is 11.2. The number of aryl methyl sites for hydroxylation is 1. The van der Waals surface area contributed by atoms with Crippen molar-refractivity contribution in [1.29, 1.82) is 0 Å². The van der Waals surface area contributed by atoms with E-state index in [1.54, 1.807) is 17.2 Å². The number of nitrogens with one attached hydrogen (secondary N) is 1. The standard InChI is InChI=1S/C18H22FN3O/c1-14-8-9-17-15(12-14)13-21(11-5-10-20-2)23-22(17)18-7-4-3-6-16(18)19/h3-4,6-9,12,20H,5,10-11,13H2,1-2H3. The SMILES string of the molecule is CNCCCN1Cc2cc(C)ccc2N(c2ccccc2F)O1. The maximum Gasteiger partial charge on any atom is 0.149 e. The van der Waals surface area contributed by atoms with E-state index in [-0.39, 0.29) is 5.82 Å². The Hall–Kier alpha value is -1.95. The lowest BCUT2D eigenvalue weighted by Gasteiger charge is -2.36. The molecular formula is C18H22FN3O. The van der Waals surface area contributed by atoms with Gasteiger partial charge in [-0.15, -0.1) is 0 Å². The number of hydrogen-bond acceptors (Lipinski definition) is 4. The molecule has 0 aliphatic carbocycles. The van der Waals surface area contributed by atoms with E-state index in [4.69, 9.17) is 4.94 Å². The summed E-state index contributed by atoms with van der Waals surface area (Å²) in [5.74, 6) is -0.295. The lowest BCUT2D eigenvalue weighted by molar-refractivity contribution is -0.176. The van der Waals surface area contributed by atoms with Crippen LogP contribution in [0.25, 0.3) is 0 Å². The first-order valence-corrected chi connectivity index (χ1v) is 7.91. The van der Waals surface area contributed by atoms with Crippen molar-refractivity contribution in [2.45, 2.75) is 19.9 Å². The topological polar surface area (TPSA) is 27.7 Å². The number of anilines is 2. The van der Waals surface area contributed by atoms with Gasteiger partial charge in [0.05, 0.1) is 12.2 Å². The molecular weight excluding hydrogens is 293 g/mol. The monoisotopic (exact) mass is 315 g/mol. The number of nitrogens with zero attached hydrogens (tertiary/aromatic N) is 2. The molecule has 1 aliphatic rings. The van der Waals surface area contributed by atoms with Crippen LogP contribution in [-0.2, 0) is 11.5 Å². The van der Waals surface area contributed by atoms with E-state index >= 15 is 0 Å². The van der Waals surface area contributed by atoms with Crippen molar-refractivity contribution in [3.8, 4) is 0 Å². The molecule has 1 aliphatic heterocycles. The molecule has 1 N–H and O–H groups in total. The van der Waals surface area contributed by atoms with Gasteiger partial charge in [-0.2, -0.15) is 15.1 Å². The summed E-state index contributed by atoms with van der Waals surface area (Å²) < 4.78 is 14.2. The summed E-state index contributed by atoms with van der Waals surface area (Å²) in [6.07, 6.45) is 0.961. The molecule has 122 valence electrons. The Bertz CT molecular complexity index is 677. The fourth-order valence-electron chi connectivity index (χ4n) is 2.76. The van der Waals surface area contributed by atoms with Crippen LogP contribution < -0.4 is 10.4 Å². The normalized spacial score (nSPS) is 14.8. The summed E-state index contributed by atoms with van der Waals surface area (Å²) in [4.78, 5) is 5.97. The van der Waals surface area contributed by atoms with Crippen LogP contribution in [0.2, 0.25) is 0 Å².